The normalized spacial score (nSPS) is 25.3. The molecule has 19 heavy (non-hydrogen) atoms. The molecule has 0 aliphatic carbocycles. The molecule has 0 bridgehead atoms. The maximum Gasteiger partial charge on any atom is 0.123 e. The number of hydrazine groups is 1. The van der Waals surface area contributed by atoms with Gasteiger partial charge in [-0.15, -0.1) is 0 Å². The van der Waals surface area contributed by atoms with Gasteiger partial charge in [0.15, 0.2) is 0 Å². The summed E-state index contributed by atoms with van der Waals surface area (Å²) in [4.78, 5) is 0. The second-order valence-electron chi connectivity index (χ2n) is 4.96. The average Bonchev–Trinajstić information content (AvgIpc) is 2.41. The third kappa shape index (κ3) is 3.88. The molecule has 1 aliphatic rings. The molecule has 1 aromatic rings. The number of hydrogen-bond donors (Lipinski definition) is 2. The van der Waals surface area contributed by atoms with E-state index < -0.39 is 0 Å². The first-order chi connectivity index (χ1) is 9.11. The largest absolute Gasteiger partial charge is 0.271 e. The van der Waals surface area contributed by atoms with Crippen molar-refractivity contribution in [2.45, 2.75) is 36.8 Å². The molecule has 2 rings (SSSR count). The van der Waals surface area contributed by atoms with Crippen molar-refractivity contribution in [2.24, 2.45) is 5.84 Å². The van der Waals surface area contributed by atoms with E-state index in [1.165, 1.54) is 17.6 Å². The molecular weight excluding hydrogens is 279 g/mol. The topological polar surface area (TPSA) is 38.0 Å². The van der Waals surface area contributed by atoms with Crippen LogP contribution in [0.5, 0.6) is 0 Å². The smallest absolute Gasteiger partial charge is 0.123 e. The molecule has 106 valence electrons. The monoisotopic (exact) mass is 300 g/mol. The number of rotatable bonds is 4. The first-order valence-electron chi connectivity index (χ1n) is 6.56. The van der Waals surface area contributed by atoms with Gasteiger partial charge in [-0.2, -0.15) is 23.5 Å². The van der Waals surface area contributed by atoms with Crippen LogP contribution in [0.1, 0.15) is 18.1 Å². The maximum absolute atomic E-state index is 13.4. The molecule has 0 saturated carbocycles. The van der Waals surface area contributed by atoms with Crippen molar-refractivity contribution in [3.63, 3.8) is 0 Å². The van der Waals surface area contributed by atoms with E-state index in [2.05, 4.69) is 12.3 Å². The Bertz CT molecular complexity index is 428. The zero-order valence-electron chi connectivity index (χ0n) is 11.4. The zero-order chi connectivity index (χ0) is 13.8. The zero-order valence-corrected chi connectivity index (χ0v) is 13.0. The van der Waals surface area contributed by atoms with Crippen molar-refractivity contribution in [3.8, 4) is 0 Å². The molecule has 0 aromatic heterocycles. The summed E-state index contributed by atoms with van der Waals surface area (Å²) in [6, 6.07) is 5.17. The number of aryl methyl sites for hydroxylation is 1. The summed E-state index contributed by atoms with van der Waals surface area (Å²) in [5.74, 6) is 7.94. The van der Waals surface area contributed by atoms with Crippen molar-refractivity contribution in [3.05, 3.63) is 35.1 Å². The van der Waals surface area contributed by atoms with Crippen LogP contribution in [-0.2, 0) is 6.42 Å². The Labute approximate surface area is 123 Å². The minimum absolute atomic E-state index is 0.171. The van der Waals surface area contributed by atoms with E-state index in [1.54, 1.807) is 6.07 Å². The highest BCUT2D eigenvalue weighted by molar-refractivity contribution is 8.07. The fourth-order valence-electron chi connectivity index (χ4n) is 2.46. The Morgan fingerprint density at radius 1 is 1.42 bits per heavy atom. The van der Waals surface area contributed by atoms with Gasteiger partial charge < -0.3 is 0 Å². The number of thioether (sulfide) groups is 2. The van der Waals surface area contributed by atoms with Crippen LogP contribution in [0.4, 0.5) is 4.39 Å². The predicted molar refractivity (Wildman–Crippen MR) is 84.1 cm³/mol. The van der Waals surface area contributed by atoms with Gasteiger partial charge in [0.2, 0.25) is 0 Å². The van der Waals surface area contributed by atoms with Gasteiger partial charge in [-0.1, -0.05) is 13.0 Å². The molecule has 3 atom stereocenters. The van der Waals surface area contributed by atoms with Crippen LogP contribution in [0.3, 0.4) is 0 Å². The van der Waals surface area contributed by atoms with E-state index in [1.807, 2.05) is 36.5 Å². The van der Waals surface area contributed by atoms with Crippen molar-refractivity contribution in [1.82, 2.24) is 5.43 Å². The van der Waals surface area contributed by atoms with E-state index >= 15 is 0 Å². The lowest BCUT2D eigenvalue weighted by Gasteiger charge is -2.34. The van der Waals surface area contributed by atoms with Gasteiger partial charge in [0.25, 0.3) is 0 Å². The van der Waals surface area contributed by atoms with E-state index in [4.69, 9.17) is 5.84 Å². The highest BCUT2D eigenvalue weighted by Gasteiger charge is 2.30. The number of benzene rings is 1. The van der Waals surface area contributed by atoms with E-state index in [-0.39, 0.29) is 11.9 Å². The van der Waals surface area contributed by atoms with Gasteiger partial charge in [0.05, 0.1) is 0 Å². The van der Waals surface area contributed by atoms with Crippen LogP contribution in [0.15, 0.2) is 18.2 Å². The lowest BCUT2D eigenvalue weighted by Crippen LogP contribution is -2.48. The molecule has 3 unspecified atom stereocenters. The number of nitrogens with two attached hydrogens (primary N) is 1. The second kappa shape index (κ2) is 6.97. The Hall–Kier alpha value is -0.230. The molecule has 1 aliphatic heterocycles. The molecule has 2 nitrogen and oxygen atoms in total. The number of hydrogen-bond acceptors (Lipinski definition) is 4. The summed E-state index contributed by atoms with van der Waals surface area (Å²) >= 11 is 3.97. The first-order valence-corrected chi connectivity index (χ1v) is 8.66. The highest BCUT2D eigenvalue weighted by Crippen LogP contribution is 2.34. The summed E-state index contributed by atoms with van der Waals surface area (Å²) in [6.07, 6.45) is 0.780. The Morgan fingerprint density at radius 3 is 2.84 bits per heavy atom. The summed E-state index contributed by atoms with van der Waals surface area (Å²) in [6.45, 7) is 4.28. The quantitative estimate of drug-likeness (QED) is 0.662. The average molecular weight is 300 g/mol. The van der Waals surface area contributed by atoms with Crippen LogP contribution >= 0.6 is 23.5 Å². The van der Waals surface area contributed by atoms with Gasteiger partial charge in [0.1, 0.15) is 5.82 Å². The second-order valence-corrected chi connectivity index (χ2v) is 7.73. The molecule has 1 aromatic carbocycles. The molecule has 0 spiro atoms. The van der Waals surface area contributed by atoms with Crippen molar-refractivity contribution in [1.29, 1.82) is 0 Å². The van der Waals surface area contributed by atoms with Gasteiger partial charge in [-0.05, 0) is 36.6 Å². The van der Waals surface area contributed by atoms with Crippen molar-refractivity contribution >= 4 is 23.5 Å². The molecule has 1 saturated heterocycles. The van der Waals surface area contributed by atoms with Crippen LogP contribution in [0.2, 0.25) is 0 Å². The van der Waals surface area contributed by atoms with Crippen LogP contribution in [0, 0.1) is 12.7 Å². The van der Waals surface area contributed by atoms with Gasteiger partial charge in [0, 0.05) is 28.0 Å². The van der Waals surface area contributed by atoms with Gasteiger partial charge in [-0.25, -0.2) is 4.39 Å². The summed E-state index contributed by atoms with van der Waals surface area (Å²) < 4.78 is 13.4. The summed E-state index contributed by atoms with van der Waals surface area (Å²) in [7, 11) is 0. The lowest BCUT2D eigenvalue weighted by molar-refractivity contribution is 0.499. The molecule has 5 heteroatoms. The van der Waals surface area contributed by atoms with E-state index in [0.29, 0.717) is 10.5 Å². The molecule has 1 heterocycles. The van der Waals surface area contributed by atoms with E-state index in [9.17, 15) is 4.39 Å². The fourth-order valence-corrected chi connectivity index (χ4v) is 5.40. The SMILES string of the molecule is Cc1ccc(F)cc1CC(NN)C1SCCSC1C. The van der Waals surface area contributed by atoms with E-state index in [0.717, 1.165) is 17.5 Å². The summed E-state index contributed by atoms with van der Waals surface area (Å²) in [5.41, 5.74) is 5.12. The molecular formula is C14H21FN2S2. The van der Waals surface area contributed by atoms with Crippen molar-refractivity contribution < 1.29 is 4.39 Å². The lowest BCUT2D eigenvalue weighted by atomic mass is 9.98. The predicted octanol–water partition coefficient (Wildman–Crippen LogP) is 2.75. The van der Waals surface area contributed by atoms with Crippen molar-refractivity contribution in [2.75, 3.05) is 11.5 Å². The molecule has 0 amide bonds. The maximum atomic E-state index is 13.4. The van der Waals surface area contributed by atoms with Gasteiger partial charge >= 0.3 is 0 Å². The fraction of sp³-hybridized carbons (Fsp3) is 0.571. The molecule has 3 N–H and O–H groups in total. The molecule has 1 fully saturated rings. The summed E-state index contributed by atoms with van der Waals surface area (Å²) in [5, 5.41) is 1.06. The number of halogens is 1. The van der Waals surface area contributed by atoms with Crippen LogP contribution in [-0.4, -0.2) is 28.0 Å². The molecule has 0 radical (unpaired) electrons. The minimum atomic E-state index is -0.171. The highest BCUT2D eigenvalue weighted by atomic mass is 32.2. The van der Waals surface area contributed by atoms with Crippen LogP contribution in [0.25, 0.3) is 0 Å². The third-order valence-electron chi connectivity index (χ3n) is 3.60. The van der Waals surface area contributed by atoms with Crippen LogP contribution < -0.4 is 11.3 Å². The Kier molecular flexibility index (Phi) is 5.57. The first kappa shape index (κ1) is 15.2. The standard InChI is InChI=1S/C14H21FN2S2/c1-9-3-4-12(15)7-11(9)8-13(17-16)14-10(2)18-5-6-19-14/h3-4,7,10,13-14,17H,5-6,8,16H2,1-2H3. The minimum Gasteiger partial charge on any atom is -0.271 e. The number of nitrogens with one attached hydrogen (secondary N) is 1. The van der Waals surface area contributed by atoms with Gasteiger partial charge in [-0.3, -0.25) is 11.3 Å². The third-order valence-corrected chi connectivity index (χ3v) is 6.85. The Balaban J connectivity index is 2.11. The Morgan fingerprint density at radius 2 is 2.16 bits per heavy atom.